The van der Waals surface area contributed by atoms with Gasteiger partial charge in [-0.05, 0) is 33.9 Å². The second-order valence-corrected chi connectivity index (χ2v) is 6.42. The van der Waals surface area contributed by atoms with Gasteiger partial charge in [0, 0.05) is 19.1 Å². The van der Waals surface area contributed by atoms with Crippen LogP contribution in [0.3, 0.4) is 0 Å². The third kappa shape index (κ3) is 4.01. The van der Waals surface area contributed by atoms with Crippen LogP contribution < -0.4 is 4.90 Å². The zero-order valence-corrected chi connectivity index (χ0v) is 13.6. The Labute approximate surface area is 120 Å². The molecule has 0 aromatic carbocycles. The molecule has 1 aromatic heterocycles. The maximum atomic E-state index is 11.1. The highest BCUT2D eigenvalue weighted by Gasteiger charge is 2.20. The van der Waals surface area contributed by atoms with Crippen LogP contribution in [-0.4, -0.2) is 49.4 Å². The van der Waals surface area contributed by atoms with Gasteiger partial charge in [-0.2, -0.15) is 0 Å². The number of hydrogen-bond acceptors (Lipinski definition) is 5. The highest BCUT2D eigenvalue weighted by atomic mass is 32.1. The smallest absolute Gasteiger partial charge is 0.186 e. The lowest BCUT2D eigenvalue weighted by atomic mass is 10.1. The fourth-order valence-corrected chi connectivity index (χ4v) is 3.42. The topological polar surface area (TPSA) is 36.4 Å². The van der Waals surface area contributed by atoms with Crippen molar-refractivity contribution in [2.24, 2.45) is 0 Å². The van der Waals surface area contributed by atoms with Crippen molar-refractivity contribution in [1.82, 2.24) is 9.88 Å². The molecule has 0 fully saturated rings. The Morgan fingerprint density at radius 1 is 1.32 bits per heavy atom. The van der Waals surface area contributed by atoms with E-state index in [1.165, 1.54) is 11.3 Å². The van der Waals surface area contributed by atoms with Crippen molar-refractivity contribution in [1.29, 1.82) is 0 Å². The van der Waals surface area contributed by atoms with Crippen molar-refractivity contribution in [2.45, 2.75) is 39.7 Å². The molecule has 0 saturated carbocycles. The van der Waals surface area contributed by atoms with Gasteiger partial charge in [-0.3, -0.25) is 4.79 Å². The third-order valence-corrected chi connectivity index (χ3v) is 4.11. The third-order valence-electron chi connectivity index (χ3n) is 3.07. The zero-order chi connectivity index (χ0) is 14.6. The number of aldehydes is 1. The van der Waals surface area contributed by atoms with E-state index in [9.17, 15) is 4.79 Å². The molecule has 1 atom stereocenters. The van der Waals surface area contributed by atoms with Crippen LogP contribution in [0.2, 0.25) is 0 Å². The molecule has 1 unspecified atom stereocenters. The lowest BCUT2D eigenvalue weighted by Crippen LogP contribution is -2.40. The van der Waals surface area contributed by atoms with Gasteiger partial charge in [-0.1, -0.05) is 25.2 Å². The molecule has 0 radical (unpaired) electrons. The lowest BCUT2D eigenvalue weighted by molar-refractivity contribution is 0.112. The number of likely N-dealkylation sites (N-methyl/N-ethyl adjacent to an activating group) is 2. The molecular formula is C14H25N3OS. The highest BCUT2D eigenvalue weighted by molar-refractivity contribution is 7.17. The van der Waals surface area contributed by atoms with Crippen LogP contribution >= 0.6 is 11.3 Å². The standard InChI is InChI=1S/C14H25N3OS/c1-7-17(11(4)8-16(5)6)14-15-13(10(2)3)12(9-18)19-14/h9-11H,7-8H2,1-6H3. The predicted molar refractivity (Wildman–Crippen MR) is 82.6 cm³/mol. The van der Waals surface area contributed by atoms with Crippen LogP contribution in [0.5, 0.6) is 0 Å². The van der Waals surface area contributed by atoms with Gasteiger partial charge in [-0.25, -0.2) is 4.98 Å². The van der Waals surface area contributed by atoms with E-state index >= 15 is 0 Å². The number of nitrogens with zero attached hydrogens (tertiary/aromatic N) is 3. The summed E-state index contributed by atoms with van der Waals surface area (Å²) in [6, 6.07) is 0.380. The van der Waals surface area contributed by atoms with Crippen LogP contribution in [0.4, 0.5) is 5.13 Å². The molecule has 1 aromatic rings. The molecule has 1 heterocycles. The summed E-state index contributed by atoms with van der Waals surface area (Å²) < 4.78 is 0. The van der Waals surface area contributed by atoms with Crippen molar-refractivity contribution in [3.8, 4) is 0 Å². The van der Waals surface area contributed by atoms with Crippen molar-refractivity contribution >= 4 is 22.8 Å². The number of aromatic nitrogens is 1. The summed E-state index contributed by atoms with van der Waals surface area (Å²) in [5, 5.41) is 0.961. The minimum atomic E-state index is 0.285. The number of carbonyl (C=O) groups excluding carboxylic acids is 1. The van der Waals surface area contributed by atoms with Crippen molar-refractivity contribution in [2.75, 3.05) is 32.1 Å². The molecular weight excluding hydrogens is 258 g/mol. The predicted octanol–water partition coefficient (Wildman–Crippen LogP) is 2.86. The van der Waals surface area contributed by atoms with E-state index in [-0.39, 0.29) is 5.92 Å². The highest BCUT2D eigenvalue weighted by Crippen LogP contribution is 2.30. The molecule has 0 aliphatic carbocycles. The van der Waals surface area contributed by atoms with Gasteiger partial charge in [0.2, 0.25) is 0 Å². The summed E-state index contributed by atoms with van der Waals surface area (Å²) in [6.45, 7) is 10.3. The van der Waals surface area contributed by atoms with Crippen molar-refractivity contribution in [3.05, 3.63) is 10.6 Å². The Hall–Kier alpha value is -0.940. The van der Waals surface area contributed by atoms with Crippen LogP contribution in [0.15, 0.2) is 0 Å². The monoisotopic (exact) mass is 283 g/mol. The maximum Gasteiger partial charge on any atom is 0.186 e. The molecule has 4 nitrogen and oxygen atoms in total. The SMILES string of the molecule is CCN(c1nc(C(C)C)c(C=O)s1)C(C)CN(C)C. The Morgan fingerprint density at radius 3 is 2.32 bits per heavy atom. The Bertz CT molecular complexity index is 415. The van der Waals surface area contributed by atoms with E-state index in [0.717, 1.165) is 35.1 Å². The van der Waals surface area contributed by atoms with Crippen LogP contribution in [-0.2, 0) is 0 Å². The first-order valence-electron chi connectivity index (χ1n) is 6.77. The molecule has 19 heavy (non-hydrogen) atoms. The first-order chi connectivity index (χ1) is 8.90. The summed E-state index contributed by atoms with van der Waals surface area (Å²) in [4.78, 5) is 21.0. The van der Waals surface area contributed by atoms with Gasteiger partial charge in [0.05, 0.1) is 10.6 Å². The van der Waals surface area contributed by atoms with Gasteiger partial charge in [0.15, 0.2) is 11.4 Å². The molecule has 0 spiro atoms. The lowest BCUT2D eigenvalue weighted by Gasteiger charge is -2.29. The molecule has 0 bridgehead atoms. The van der Waals surface area contributed by atoms with Gasteiger partial charge in [0.1, 0.15) is 0 Å². The quantitative estimate of drug-likeness (QED) is 0.721. The first kappa shape index (κ1) is 16.1. The van der Waals surface area contributed by atoms with E-state index in [1.807, 2.05) is 0 Å². The Balaban J connectivity index is 3.01. The van der Waals surface area contributed by atoms with E-state index in [0.29, 0.717) is 6.04 Å². The second kappa shape index (κ2) is 7.01. The van der Waals surface area contributed by atoms with Gasteiger partial charge >= 0.3 is 0 Å². The van der Waals surface area contributed by atoms with Crippen molar-refractivity contribution in [3.63, 3.8) is 0 Å². The normalized spacial score (nSPS) is 13.1. The molecule has 0 saturated heterocycles. The number of hydrogen-bond donors (Lipinski definition) is 0. The number of thiazole rings is 1. The van der Waals surface area contributed by atoms with E-state index in [1.54, 1.807) is 0 Å². The fraction of sp³-hybridized carbons (Fsp3) is 0.714. The van der Waals surface area contributed by atoms with Crippen LogP contribution in [0, 0.1) is 0 Å². The summed E-state index contributed by atoms with van der Waals surface area (Å²) in [5.41, 5.74) is 0.922. The number of rotatable bonds is 7. The maximum absolute atomic E-state index is 11.1. The molecule has 0 aliphatic rings. The summed E-state index contributed by atoms with van der Waals surface area (Å²) in [5.74, 6) is 0.285. The number of carbonyl (C=O) groups is 1. The summed E-state index contributed by atoms with van der Waals surface area (Å²) in [7, 11) is 4.14. The molecule has 0 N–H and O–H groups in total. The summed E-state index contributed by atoms with van der Waals surface area (Å²) in [6.07, 6.45) is 0.932. The minimum Gasteiger partial charge on any atom is -0.344 e. The fourth-order valence-electron chi connectivity index (χ4n) is 2.21. The average molecular weight is 283 g/mol. The first-order valence-corrected chi connectivity index (χ1v) is 7.59. The Morgan fingerprint density at radius 2 is 1.95 bits per heavy atom. The summed E-state index contributed by atoms with van der Waals surface area (Å²) >= 11 is 1.50. The van der Waals surface area contributed by atoms with E-state index in [2.05, 4.69) is 56.6 Å². The second-order valence-electron chi connectivity index (χ2n) is 5.42. The largest absolute Gasteiger partial charge is 0.344 e. The minimum absolute atomic E-state index is 0.285. The van der Waals surface area contributed by atoms with E-state index < -0.39 is 0 Å². The van der Waals surface area contributed by atoms with E-state index in [4.69, 9.17) is 0 Å². The number of anilines is 1. The van der Waals surface area contributed by atoms with Gasteiger partial charge < -0.3 is 9.80 Å². The molecule has 0 aliphatic heterocycles. The molecule has 1 rings (SSSR count). The average Bonchev–Trinajstić information content (AvgIpc) is 2.73. The van der Waals surface area contributed by atoms with Crippen LogP contribution in [0.25, 0.3) is 0 Å². The van der Waals surface area contributed by atoms with Crippen LogP contribution in [0.1, 0.15) is 49.0 Å². The van der Waals surface area contributed by atoms with Gasteiger partial charge in [0.25, 0.3) is 0 Å². The zero-order valence-electron chi connectivity index (χ0n) is 12.8. The van der Waals surface area contributed by atoms with Crippen molar-refractivity contribution < 1.29 is 4.79 Å². The molecule has 108 valence electrons. The Kier molecular flexibility index (Phi) is 5.94. The molecule has 5 heteroatoms. The van der Waals surface area contributed by atoms with Gasteiger partial charge in [-0.15, -0.1) is 0 Å². The molecule has 0 amide bonds.